The summed E-state index contributed by atoms with van der Waals surface area (Å²) in [5, 5.41) is 0. The molecule has 5 heteroatoms. The highest BCUT2D eigenvalue weighted by atomic mass is 19.3. The van der Waals surface area contributed by atoms with Crippen LogP contribution in [-0.2, 0) is 14.3 Å². The Labute approximate surface area is 87.7 Å². The summed E-state index contributed by atoms with van der Waals surface area (Å²) in [6.45, 7) is 3.23. The normalized spacial score (nSPS) is 23.9. The molecule has 0 spiro atoms. The molecule has 0 saturated carbocycles. The average Bonchev–Trinajstić information content (AvgIpc) is 2.70. The summed E-state index contributed by atoms with van der Waals surface area (Å²) >= 11 is 0. The van der Waals surface area contributed by atoms with E-state index in [1.807, 2.05) is 0 Å². The van der Waals surface area contributed by atoms with Gasteiger partial charge in [-0.3, -0.25) is 4.79 Å². The molecule has 1 saturated heterocycles. The zero-order valence-electron chi connectivity index (χ0n) is 8.96. The number of hydrogen-bond donors (Lipinski definition) is 0. The second kappa shape index (κ2) is 4.88. The van der Waals surface area contributed by atoms with Crippen molar-refractivity contribution in [1.29, 1.82) is 0 Å². The van der Waals surface area contributed by atoms with Gasteiger partial charge < -0.3 is 9.47 Å². The fourth-order valence-corrected chi connectivity index (χ4v) is 1.58. The number of rotatable bonds is 4. The number of hydrogen-bond acceptors (Lipinski definition) is 3. The molecule has 2 unspecified atom stereocenters. The fourth-order valence-electron chi connectivity index (χ4n) is 1.58. The predicted octanol–water partition coefficient (Wildman–Crippen LogP) is 2.00. The van der Waals surface area contributed by atoms with Crippen molar-refractivity contribution in [1.82, 2.24) is 0 Å². The van der Waals surface area contributed by atoms with Gasteiger partial charge >= 0.3 is 5.97 Å². The highest BCUT2D eigenvalue weighted by molar-refractivity contribution is 5.73. The molecule has 1 aliphatic rings. The SMILES string of the molecule is CCOC(=O)C(C)C(F)(F)C1CCCO1. The third-order valence-electron chi connectivity index (χ3n) is 2.58. The number of halogens is 2. The first-order chi connectivity index (χ1) is 7.00. The molecular formula is C10H16F2O3. The Hall–Kier alpha value is -0.710. The van der Waals surface area contributed by atoms with E-state index in [0.717, 1.165) is 0 Å². The Kier molecular flexibility index (Phi) is 4.02. The van der Waals surface area contributed by atoms with Crippen LogP contribution in [0.3, 0.4) is 0 Å². The fraction of sp³-hybridized carbons (Fsp3) is 0.900. The molecule has 1 rings (SSSR count). The van der Waals surface area contributed by atoms with Gasteiger partial charge in [-0.25, -0.2) is 8.78 Å². The Morgan fingerprint density at radius 1 is 1.67 bits per heavy atom. The minimum atomic E-state index is -3.14. The van der Waals surface area contributed by atoms with Crippen LogP contribution < -0.4 is 0 Å². The Bertz CT molecular complexity index is 225. The maximum atomic E-state index is 13.7. The van der Waals surface area contributed by atoms with Crippen molar-refractivity contribution in [3.63, 3.8) is 0 Å². The van der Waals surface area contributed by atoms with Crippen LogP contribution in [0.25, 0.3) is 0 Å². The topological polar surface area (TPSA) is 35.5 Å². The minimum Gasteiger partial charge on any atom is -0.466 e. The highest BCUT2D eigenvalue weighted by Gasteiger charge is 2.50. The van der Waals surface area contributed by atoms with E-state index >= 15 is 0 Å². The number of carbonyl (C=O) groups excluding carboxylic acids is 1. The first-order valence-electron chi connectivity index (χ1n) is 5.16. The Balaban J connectivity index is 2.62. The molecule has 0 aromatic carbocycles. The lowest BCUT2D eigenvalue weighted by atomic mass is 9.97. The van der Waals surface area contributed by atoms with E-state index in [0.29, 0.717) is 19.4 Å². The van der Waals surface area contributed by atoms with E-state index in [1.165, 1.54) is 6.92 Å². The van der Waals surface area contributed by atoms with Crippen LogP contribution in [0.2, 0.25) is 0 Å². The van der Waals surface area contributed by atoms with Gasteiger partial charge in [0, 0.05) is 6.61 Å². The first-order valence-corrected chi connectivity index (χ1v) is 5.16. The van der Waals surface area contributed by atoms with Crippen LogP contribution in [0.1, 0.15) is 26.7 Å². The third-order valence-corrected chi connectivity index (χ3v) is 2.58. The van der Waals surface area contributed by atoms with Crippen molar-refractivity contribution < 1.29 is 23.0 Å². The zero-order valence-corrected chi connectivity index (χ0v) is 8.96. The quantitative estimate of drug-likeness (QED) is 0.682. The van der Waals surface area contributed by atoms with Crippen molar-refractivity contribution in [3.05, 3.63) is 0 Å². The van der Waals surface area contributed by atoms with Gasteiger partial charge in [0.15, 0.2) is 0 Å². The standard InChI is InChI=1S/C10H16F2O3/c1-3-14-9(13)7(2)10(11,12)8-5-4-6-15-8/h7-8H,3-6H2,1-2H3. The van der Waals surface area contributed by atoms with E-state index in [9.17, 15) is 13.6 Å². The van der Waals surface area contributed by atoms with E-state index in [4.69, 9.17) is 4.74 Å². The largest absolute Gasteiger partial charge is 0.466 e. The molecule has 2 atom stereocenters. The number of carbonyl (C=O) groups is 1. The molecule has 1 heterocycles. The first kappa shape index (κ1) is 12.4. The summed E-state index contributed by atoms with van der Waals surface area (Å²) in [4.78, 5) is 11.2. The number of alkyl halides is 2. The van der Waals surface area contributed by atoms with E-state index in [-0.39, 0.29) is 6.61 Å². The third kappa shape index (κ3) is 2.65. The van der Waals surface area contributed by atoms with Crippen molar-refractivity contribution >= 4 is 5.97 Å². The average molecular weight is 222 g/mol. The summed E-state index contributed by atoms with van der Waals surface area (Å²) < 4.78 is 36.8. The molecule has 15 heavy (non-hydrogen) atoms. The zero-order chi connectivity index (χ0) is 11.5. The highest BCUT2D eigenvalue weighted by Crippen LogP contribution is 2.35. The maximum Gasteiger partial charge on any atom is 0.314 e. The van der Waals surface area contributed by atoms with Gasteiger partial charge in [-0.2, -0.15) is 0 Å². The lowest BCUT2D eigenvalue weighted by Gasteiger charge is -2.26. The van der Waals surface area contributed by atoms with Crippen molar-refractivity contribution in [2.75, 3.05) is 13.2 Å². The van der Waals surface area contributed by atoms with Crippen molar-refractivity contribution in [2.24, 2.45) is 5.92 Å². The summed E-state index contributed by atoms with van der Waals surface area (Å²) in [7, 11) is 0. The molecule has 0 aromatic rings. The lowest BCUT2D eigenvalue weighted by Crippen LogP contribution is -2.43. The van der Waals surface area contributed by atoms with Crippen molar-refractivity contribution in [3.8, 4) is 0 Å². The van der Waals surface area contributed by atoms with E-state index < -0.39 is 23.9 Å². The smallest absolute Gasteiger partial charge is 0.314 e. The van der Waals surface area contributed by atoms with Gasteiger partial charge in [0.25, 0.3) is 5.92 Å². The van der Waals surface area contributed by atoms with Gasteiger partial charge in [-0.05, 0) is 26.7 Å². The predicted molar refractivity (Wildman–Crippen MR) is 49.7 cm³/mol. The second-order valence-electron chi connectivity index (χ2n) is 3.65. The van der Waals surface area contributed by atoms with Crippen LogP contribution in [0.4, 0.5) is 8.78 Å². The molecule has 0 aliphatic carbocycles. The lowest BCUT2D eigenvalue weighted by molar-refractivity contribution is -0.181. The van der Waals surface area contributed by atoms with E-state index in [1.54, 1.807) is 6.92 Å². The van der Waals surface area contributed by atoms with Gasteiger partial charge in [0.2, 0.25) is 0 Å². The minimum absolute atomic E-state index is 0.116. The Morgan fingerprint density at radius 2 is 2.33 bits per heavy atom. The molecule has 1 aliphatic heterocycles. The molecule has 0 bridgehead atoms. The van der Waals surface area contributed by atoms with Crippen LogP contribution in [0, 0.1) is 5.92 Å². The second-order valence-corrected chi connectivity index (χ2v) is 3.65. The summed E-state index contributed by atoms with van der Waals surface area (Å²) in [6, 6.07) is 0. The summed E-state index contributed by atoms with van der Waals surface area (Å²) in [6.07, 6.45) is -0.219. The number of esters is 1. The van der Waals surface area contributed by atoms with Gasteiger partial charge in [0.1, 0.15) is 12.0 Å². The Morgan fingerprint density at radius 3 is 2.80 bits per heavy atom. The molecule has 0 amide bonds. The van der Waals surface area contributed by atoms with E-state index in [2.05, 4.69) is 4.74 Å². The van der Waals surface area contributed by atoms with Crippen LogP contribution in [-0.4, -0.2) is 31.2 Å². The van der Waals surface area contributed by atoms with Gasteiger partial charge in [-0.1, -0.05) is 0 Å². The molecule has 3 nitrogen and oxygen atoms in total. The van der Waals surface area contributed by atoms with Crippen LogP contribution in [0.15, 0.2) is 0 Å². The molecule has 0 N–H and O–H groups in total. The maximum absolute atomic E-state index is 13.7. The molecule has 0 radical (unpaired) electrons. The summed E-state index contributed by atoms with van der Waals surface area (Å²) in [5.74, 6) is -5.44. The van der Waals surface area contributed by atoms with Crippen LogP contribution in [0.5, 0.6) is 0 Å². The molecule has 1 fully saturated rings. The molecule has 88 valence electrons. The van der Waals surface area contributed by atoms with Gasteiger partial charge in [0.05, 0.1) is 6.61 Å². The van der Waals surface area contributed by atoms with Gasteiger partial charge in [-0.15, -0.1) is 0 Å². The number of ether oxygens (including phenoxy) is 2. The van der Waals surface area contributed by atoms with Crippen LogP contribution >= 0.6 is 0 Å². The summed E-state index contributed by atoms with van der Waals surface area (Å²) in [5.41, 5.74) is 0. The van der Waals surface area contributed by atoms with Crippen molar-refractivity contribution in [2.45, 2.75) is 38.7 Å². The molecular weight excluding hydrogens is 206 g/mol. The molecule has 0 aromatic heterocycles. The monoisotopic (exact) mass is 222 g/mol.